The van der Waals surface area contributed by atoms with Crippen LogP contribution in [0.3, 0.4) is 0 Å². The van der Waals surface area contributed by atoms with E-state index in [1.165, 1.54) is 27.8 Å². The average molecular weight is 454 g/mol. The lowest BCUT2D eigenvalue weighted by atomic mass is 10.3. The monoisotopic (exact) mass is 453 g/mol. The molecule has 0 radical (unpaired) electrons. The smallest absolute Gasteiger partial charge is 0.312 e. The van der Waals surface area contributed by atoms with Crippen LogP contribution < -0.4 is 4.74 Å². The highest BCUT2D eigenvalue weighted by atomic mass is 32.2. The van der Waals surface area contributed by atoms with Crippen LogP contribution >= 0.6 is 22.7 Å². The van der Waals surface area contributed by atoms with Gasteiger partial charge < -0.3 is 4.74 Å². The average Bonchev–Trinajstić information content (AvgIpc) is 3.38. The van der Waals surface area contributed by atoms with Gasteiger partial charge in [-0.05, 0) is 23.6 Å². The molecule has 0 bridgehead atoms. The molecule has 0 aliphatic heterocycles. The molecule has 0 atom stereocenters. The molecule has 1 aromatic carbocycles. The molecule has 0 aliphatic rings. The molecule has 0 N–H and O–H groups in total. The van der Waals surface area contributed by atoms with Crippen molar-refractivity contribution in [1.82, 2.24) is 9.29 Å². The van der Waals surface area contributed by atoms with E-state index in [0.29, 0.717) is 5.69 Å². The summed E-state index contributed by atoms with van der Waals surface area (Å²) in [6.45, 7) is 4.03. The van der Waals surface area contributed by atoms with Crippen LogP contribution in [-0.2, 0) is 16.6 Å². The van der Waals surface area contributed by atoms with Gasteiger partial charge in [0.25, 0.3) is 0 Å². The third-order valence-electron chi connectivity index (χ3n) is 4.13. The van der Waals surface area contributed by atoms with E-state index in [1.807, 2.05) is 22.9 Å². The Bertz CT molecular complexity index is 1090. The van der Waals surface area contributed by atoms with Crippen LogP contribution in [0.25, 0.3) is 9.88 Å². The number of hydrogen-bond acceptors (Lipinski definition) is 8. The Kier molecular flexibility index (Phi) is 6.63. The molecule has 154 valence electrons. The van der Waals surface area contributed by atoms with Gasteiger partial charge in [0.15, 0.2) is 5.75 Å². The highest BCUT2D eigenvalue weighted by molar-refractivity contribution is 7.89. The number of nitrogens with zero attached hydrogens (tertiary/aromatic N) is 3. The van der Waals surface area contributed by atoms with Crippen molar-refractivity contribution in [2.45, 2.75) is 25.3 Å². The van der Waals surface area contributed by atoms with Gasteiger partial charge in [-0.25, -0.2) is 13.4 Å². The molecule has 29 heavy (non-hydrogen) atoms. The summed E-state index contributed by atoms with van der Waals surface area (Å²) in [6.07, 6.45) is 0. The van der Waals surface area contributed by atoms with Crippen molar-refractivity contribution in [3.63, 3.8) is 0 Å². The van der Waals surface area contributed by atoms with E-state index in [1.54, 1.807) is 25.2 Å². The zero-order valence-corrected chi connectivity index (χ0v) is 18.2. The number of sulfonamides is 1. The second-order valence-electron chi connectivity index (χ2n) is 5.89. The van der Waals surface area contributed by atoms with Crippen LogP contribution in [0.1, 0.15) is 19.5 Å². The fourth-order valence-electron chi connectivity index (χ4n) is 2.67. The fraction of sp³-hybridized carbons (Fsp3) is 0.278. The molecule has 8 nitrogen and oxygen atoms in total. The molecule has 3 aromatic rings. The van der Waals surface area contributed by atoms with Crippen molar-refractivity contribution >= 4 is 38.4 Å². The Balaban J connectivity index is 1.82. The molecule has 2 aromatic heterocycles. The minimum atomic E-state index is -3.80. The summed E-state index contributed by atoms with van der Waals surface area (Å²) in [7, 11) is -3.80. The number of rotatable bonds is 9. The number of thiophene rings is 1. The van der Waals surface area contributed by atoms with E-state index in [9.17, 15) is 18.5 Å². The predicted octanol–water partition coefficient (Wildman–Crippen LogP) is 4.39. The minimum absolute atomic E-state index is 0.000768. The molecule has 0 fully saturated rings. The van der Waals surface area contributed by atoms with Crippen LogP contribution in [0.15, 0.2) is 46.0 Å². The summed E-state index contributed by atoms with van der Waals surface area (Å²) in [5.41, 5.74) is 0.250. The Morgan fingerprint density at radius 3 is 2.59 bits per heavy atom. The highest BCUT2D eigenvalue weighted by Crippen LogP contribution is 2.32. The van der Waals surface area contributed by atoms with Crippen LogP contribution in [0.4, 0.5) is 5.69 Å². The predicted molar refractivity (Wildman–Crippen MR) is 113 cm³/mol. The number of thiazole rings is 1. The maximum atomic E-state index is 12.6. The van der Waals surface area contributed by atoms with Gasteiger partial charge in [-0.15, -0.1) is 22.7 Å². The van der Waals surface area contributed by atoms with Gasteiger partial charge in [0, 0.05) is 24.5 Å². The Morgan fingerprint density at radius 2 is 1.97 bits per heavy atom. The summed E-state index contributed by atoms with van der Waals surface area (Å²) in [4.78, 5) is 16.2. The van der Waals surface area contributed by atoms with Crippen molar-refractivity contribution in [3.8, 4) is 15.6 Å². The molecule has 3 rings (SSSR count). The van der Waals surface area contributed by atoms with E-state index < -0.39 is 20.6 Å². The van der Waals surface area contributed by atoms with Crippen LogP contribution in [0.2, 0.25) is 0 Å². The van der Waals surface area contributed by atoms with Crippen LogP contribution in [0.5, 0.6) is 5.75 Å². The van der Waals surface area contributed by atoms with Gasteiger partial charge in [0.05, 0.1) is 20.4 Å². The van der Waals surface area contributed by atoms with Gasteiger partial charge in [-0.2, -0.15) is 4.31 Å². The first kappa shape index (κ1) is 21.4. The number of aromatic nitrogens is 1. The molecule has 0 amide bonds. The second-order valence-corrected chi connectivity index (χ2v) is 9.63. The van der Waals surface area contributed by atoms with Crippen molar-refractivity contribution in [3.05, 3.63) is 56.9 Å². The molecule has 0 unspecified atom stereocenters. The summed E-state index contributed by atoms with van der Waals surface area (Å²) in [5.74, 6) is -0.000768. The quantitative estimate of drug-likeness (QED) is 0.352. The van der Waals surface area contributed by atoms with Gasteiger partial charge in [0.2, 0.25) is 10.0 Å². The molecular weight excluding hydrogens is 434 g/mol. The third kappa shape index (κ3) is 4.64. The molecule has 0 aliphatic carbocycles. The molecular formula is C18H19N3O5S3. The standard InChI is InChI=1S/C18H19N3O5S3/c1-3-20(4-2)29(24,25)14-7-8-16(15(10-14)21(22)23)26-11-13-12-28-18(19-13)17-6-5-9-27-17/h5-10,12H,3-4,11H2,1-2H3. The Labute approximate surface area is 176 Å². The number of nitro groups is 1. The maximum absolute atomic E-state index is 12.6. The summed E-state index contributed by atoms with van der Waals surface area (Å²) < 4.78 is 32.1. The summed E-state index contributed by atoms with van der Waals surface area (Å²) in [5, 5.41) is 16.1. The zero-order valence-electron chi connectivity index (χ0n) is 15.8. The third-order valence-corrected chi connectivity index (χ3v) is 8.11. The lowest BCUT2D eigenvalue weighted by Gasteiger charge is -2.18. The van der Waals surface area contributed by atoms with Gasteiger partial charge in [-0.3, -0.25) is 10.1 Å². The lowest BCUT2D eigenvalue weighted by molar-refractivity contribution is -0.386. The summed E-state index contributed by atoms with van der Waals surface area (Å²) in [6, 6.07) is 7.60. The molecule has 2 heterocycles. The number of nitro benzene ring substituents is 1. The van der Waals surface area contributed by atoms with Crippen LogP contribution in [0, 0.1) is 10.1 Å². The van der Waals surface area contributed by atoms with Gasteiger partial charge >= 0.3 is 5.69 Å². The van der Waals surface area contributed by atoms with E-state index >= 15 is 0 Å². The van der Waals surface area contributed by atoms with E-state index in [-0.39, 0.29) is 30.3 Å². The number of hydrogen-bond donors (Lipinski definition) is 0. The normalized spacial score (nSPS) is 11.7. The van der Waals surface area contributed by atoms with Crippen molar-refractivity contribution in [1.29, 1.82) is 0 Å². The Hall–Kier alpha value is -2.34. The molecule has 0 saturated heterocycles. The van der Waals surface area contributed by atoms with Crippen molar-refractivity contribution in [2.75, 3.05) is 13.1 Å². The first-order valence-corrected chi connectivity index (χ1v) is 12.0. The van der Waals surface area contributed by atoms with E-state index in [4.69, 9.17) is 4.74 Å². The molecule has 11 heteroatoms. The van der Waals surface area contributed by atoms with Gasteiger partial charge in [-0.1, -0.05) is 19.9 Å². The van der Waals surface area contributed by atoms with Crippen molar-refractivity contribution < 1.29 is 18.1 Å². The highest BCUT2D eigenvalue weighted by Gasteiger charge is 2.26. The lowest BCUT2D eigenvalue weighted by Crippen LogP contribution is -2.30. The molecule has 0 saturated carbocycles. The van der Waals surface area contributed by atoms with E-state index in [2.05, 4.69) is 4.98 Å². The Morgan fingerprint density at radius 1 is 1.21 bits per heavy atom. The number of ether oxygens (including phenoxy) is 1. The number of benzene rings is 1. The van der Waals surface area contributed by atoms with Gasteiger partial charge in [0.1, 0.15) is 11.6 Å². The fourth-order valence-corrected chi connectivity index (χ4v) is 5.77. The minimum Gasteiger partial charge on any atom is -0.480 e. The maximum Gasteiger partial charge on any atom is 0.312 e. The topological polar surface area (TPSA) is 103 Å². The van der Waals surface area contributed by atoms with Crippen LogP contribution in [-0.4, -0.2) is 35.7 Å². The summed E-state index contributed by atoms with van der Waals surface area (Å²) >= 11 is 3.04. The second kappa shape index (κ2) is 8.99. The van der Waals surface area contributed by atoms with Crippen molar-refractivity contribution in [2.24, 2.45) is 0 Å². The zero-order chi connectivity index (χ0) is 21.0. The van der Waals surface area contributed by atoms with E-state index in [0.717, 1.165) is 16.0 Å². The first-order chi connectivity index (χ1) is 13.9. The SMILES string of the molecule is CCN(CC)S(=O)(=O)c1ccc(OCc2csc(-c3cccs3)n2)c([N+](=O)[O-])c1. The first-order valence-electron chi connectivity index (χ1n) is 8.76. The molecule has 0 spiro atoms. The largest absolute Gasteiger partial charge is 0.480 e.